The first-order valence-electron chi connectivity index (χ1n) is 9.74. The Balaban J connectivity index is 1.83. The molecule has 6 heteroatoms. The lowest BCUT2D eigenvalue weighted by Gasteiger charge is -2.55. The molecule has 1 fully saturated rings. The Morgan fingerprint density at radius 1 is 1.31 bits per heavy atom. The third kappa shape index (κ3) is 3.17. The first-order chi connectivity index (χ1) is 14.0. The highest BCUT2D eigenvalue weighted by molar-refractivity contribution is 7.80. The van der Waals surface area contributed by atoms with Crippen LogP contribution in [0.2, 0.25) is 0 Å². The Morgan fingerprint density at radius 3 is 2.72 bits per heavy atom. The molecular weight excluding hydrogens is 384 g/mol. The van der Waals surface area contributed by atoms with E-state index in [1.54, 1.807) is 6.08 Å². The minimum Gasteiger partial charge on any atom is -0.466 e. The van der Waals surface area contributed by atoms with Crippen LogP contribution < -0.4 is 15.0 Å². The third-order valence-electron chi connectivity index (χ3n) is 5.61. The summed E-state index contributed by atoms with van der Waals surface area (Å²) in [6.07, 6.45) is 2.51. The van der Waals surface area contributed by atoms with Crippen LogP contribution in [0.4, 0.5) is 5.69 Å². The number of carbonyl (C=O) groups is 1. The van der Waals surface area contributed by atoms with Crippen LogP contribution in [0.3, 0.4) is 0 Å². The summed E-state index contributed by atoms with van der Waals surface area (Å²) in [5.74, 6) is -0.232. The topological polar surface area (TPSA) is 50.8 Å². The maximum Gasteiger partial charge on any atom is 0.317 e. The first kappa shape index (κ1) is 19.5. The van der Waals surface area contributed by atoms with Crippen molar-refractivity contribution in [3.63, 3.8) is 0 Å². The van der Waals surface area contributed by atoms with E-state index in [9.17, 15) is 4.79 Å². The highest BCUT2D eigenvalue weighted by Gasteiger charge is 2.59. The number of carbonyl (C=O) groups excluding carboxylic acids is 1. The van der Waals surface area contributed by atoms with Crippen LogP contribution in [0.25, 0.3) is 0 Å². The van der Waals surface area contributed by atoms with Gasteiger partial charge in [0.1, 0.15) is 18.3 Å². The first-order valence-corrected chi connectivity index (χ1v) is 10.2. The van der Waals surface area contributed by atoms with Gasteiger partial charge in [0.05, 0.1) is 6.04 Å². The summed E-state index contributed by atoms with van der Waals surface area (Å²) in [4.78, 5) is 15.0. The summed E-state index contributed by atoms with van der Waals surface area (Å²) in [5.41, 5.74) is 1.95. The molecule has 2 aromatic rings. The van der Waals surface area contributed by atoms with Gasteiger partial charge in [-0.25, -0.2) is 0 Å². The summed E-state index contributed by atoms with van der Waals surface area (Å²) in [6, 6.07) is 15.5. The van der Waals surface area contributed by atoms with Gasteiger partial charge in [-0.1, -0.05) is 49.9 Å². The van der Waals surface area contributed by atoms with E-state index in [-0.39, 0.29) is 18.6 Å². The van der Waals surface area contributed by atoms with Crippen LogP contribution in [0.5, 0.6) is 5.75 Å². The molecule has 3 atom stereocenters. The van der Waals surface area contributed by atoms with E-state index in [4.69, 9.17) is 21.7 Å². The van der Waals surface area contributed by atoms with Gasteiger partial charge >= 0.3 is 5.97 Å². The Bertz CT molecular complexity index is 959. The largest absolute Gasteiger partial charge is 0.466 e. The van der Waals surface area contributed by atoms with Crippen LogP contribution in [0, 0.1) is 5.92 Å². The van der Waals surface area contributed by atoms with Crippen molar-refractivity contribution in [2.75, 3.05) is 11.5 Å². The van der Waals surface area contributed by atoms with E-state index in [0.717, 1.165) is 23.4 Å². The maximum atomic E-state index is 13.1. The predicted octanol–water partition coefficient (Wildman–Crippen LogP) is 4.14. The number of nitrogens with zero attached hydrogens (tertiary/aromatic N) is 1. The molecule has 5 nitrogen and oxygen atoms in total. The standard InChI is InChI=1S/C23H24N2O3S/c1-4-14-27-21(26)19-20-17-8-6-7-9-18(17)28-23(19,3)25(22(29)24-20)16-12-10-15(5-2)11-13-16/h4,6-13,19-20H,1,5,14H2,2-3H3,(H,24,29)/t19-,20-,23+/m0/s1. The third-order valence-corrected chi connectivity index (χ3v) is 5.91. The maximum absolute atomic E-state index is 13.1. The number of para-hydroxylation sites is 1. The van der Waals surface area contributed by atoms with Gasteiger partial charge in [-0.2, -0.15) is 0 Å². The zero-order valence-electron chi connectivity index (χ0n) is 16.6. The summed E-state index contributed by atoms with van der Waals surface area (Å²) in [6.45, 7) is 7.80. The van der Waals surface area contributed by atoms with Crippen LogP contribution in [0.15, 0.2) is 61.2 Å². The van der Waals surface area contributed by atoms with Crippen molar-refractivity contribution in [1.82, 2.24) is 5.32 Å². The van der Waals surface area contributed by atoms with Gasteiger partial charge in [0.2, 0.25) is 5.72 Å². The molecule has 4 rings (SSSR count). The Morgan fingerprint density at radius 2 is 2.03 bits per heavy atom. The molecule has 0 radical (unpaired) electrons. The number of hydrogen-bond donors (Lipinski definition) is 1. The minimum atomic E-state index is -1.03. The number of aryl methyl sites for hydroxylation is 1. The molecule has 29 heavy (non-hydrogen) atoms. The molecule has 2 aliphatic rings. The minimum absolute atomic E-state index is 0.148. The van der Waals surface area contributed by atoms with Crippen molar-refractivity contribution in [1.29, 1.82) is 0 Å². The van der Waals surface area contributed by atoms with Crippen LogP contribution >= 0.6 is 12.2 Å². The zero-order valence-corrected chi connectivity index (χ0v) is 17.4. The number of nitrogens with one attached hydrogen (secondary N) is 1. The summed E-state index contributed by atoms with van der Waals surface area (Å²) in [7, 11) is 0. The van der Waals surface area contributed by atoms with Gasteiger partial charge in [0.25, 0.3) is 0 Å². The highest BCUT2D eigenvalue weighted by Crippen LogP contribution is 2.49. The lowest BCUT2D eigenvalue weighted by Crippen LogP contribution is -2.71. The van der Waals surface area contributed by atoms with Crippen molar-refractivity contribution in [2.45, 2.75) is 32.0 Å². The van der Waals surface area contributed by atoms with E-state index in [0.29, 0.717) is 5.11 Å². The van der Waals surface area contributed by atoms with Crippen molar-refractivity contribution in [2.24, 2.45) is 5.92 Å². The van der Waals surface area contributed by atoms with Gasteiger partial charge in [0.15, 0.2) is 5.11 Å². The van der Waals surface area contributed by atoms with Crippen molar-refractivity contribution in [3.8, 4) is 5.75 Å². The molecule has 150 valence electrons. The van der Waals surface area contributed by atoms with Crippen LogP contribution in [0.1, 0.15) is 31.0 Å². The molecule has 0 amide bonds. The van der Waals surface area contributed by atoms with Crippen LogP contribution in [-0.2, 0) is 16.0 Å². The second-order valence-corrected chi connectivity index (χ2v) is 7.76. The van der Waals surface area contributed by atoms with Gasteiger partial charge in [-0.05, 0) is 49.3 Å². The number of esters is 1. The Labute approximate surface area is 176 Å². The van der Waals surface area contributed by atoms with E-state index in [1.807, 2.05) is 48.2 Å². The molecule has 0 aliphatic carbocycles. The second-order valence-electron chi connectivity index (χ2n) is 7.37. The second kappa shape index (κ2) is 7.52. The average Bonchev–Trinajstić information content (AvgIpc) is 2.72. The fraction of sp³-hybridized carbons (Fsp3) is 0.304. The fourth-order valence-electron chi connectivity index (χ4n) is 4.19. The average molecular weight is 409 g/mol. The summed E-state index contributed by atoms with van der Waals surface area (Å²) >= 11 is 5.72. The van der Waals surface area contributed by atoms with Crippen LogP contribution in [-0.4, -0.2) is 23.4 Å². The molecule has 0 unspecified atom stereocenters. The molecule has 0 spiro atoms. The lowest BCUT2D eigenvalue weighted by atomic mass is 9.79. The van der Waals surface area contributed by atoms with E-state index < -0.39 is 11.6 Å². The molecule has 1 N–H and O–H groups in total. The fourth-order valence-corrected chi connectivity index (χ4v) is 4.60. The Hall–Kier alpha value is -2.86. The van der Waals surface area contributed by atoms with Crippen molar-refractivity contribution < 1.29 is 14.3 Å². The number of hydrogen-bond acceptors (Lipinski definition) is 4. The SMILES string of the molecule is C=CCOC(=O)[C@@H]1[C@H]2NC(=S)N(c3ccc(CC)cc3)[C@]1(C)Oc1ccccc12. The molecule has 0 saturated carbocycles. The van der Waals surface area contributed by atoms with E-state index >= 15 is 0 Å². The number of fused-ring (bicyclic) bond motifs is 4. The number of thiocarbonyl (C=S) groups is 1. The number of benzene rings is 2. The normalized spacial score (nSPS) is 24.8. The van der Waals surface area contributed by atoms with Gasteiger partial charge in [-0.15, -0.1) is 0 Å². The quantitative estimate of drug-likeness (QED) is 0.456. The molecule has 0 aromatic heterocycles. The van der Waals surface area contributed by atoms with Gasteiger partial charge < -0.3 is 14.8 Å². The molecule has 2 heterocycles. The van der Waals surface area contributed by atoms with Gasteiger partial charge in [-0.3, -0.25) is 9.69 Å². The summed E-state index contributed by atoms with van der Waals surface area (Å²) in [5, 5.41) is 3.88. The van der Waals surface area contributed by atoms with Gasteiger partial charge in [0, 0.05) is 11.3 Å². The lowest BCUT2D eigenvalue weighted by molar-refractivity contribution is -0.159. The Kier molecular flexibility index (Phi) is 5.04. The molecule has 2 aliphatic heterocycles. The molecule has 1 saturated heterocycles. The zero-order chi connectivity index (χ0) is 20.6. The highest BCUT2D eigenvalue weighted by atomic mass is 32.1. The molecule has 2 aromatic carbocycles. The van der Waals surface area contributed by atoms with E-state index in [1.165, 1.54) is 5.56 Å². The van der Waals surface area contributed by atoms with E-state index in [2.05, 4.69) is 31.0 Å². The van der Waals surface area contributed by atoms with Crippen molar-refractivity contribution in [3.05, 3.63) is 72.3 Å². The number of rotatable bonds is 5. The molecular formula is C23H24N2O3S. The van der Waals surface area contributed by atoms with Crippen molar-refractivity contribution >= 4 is 29.0 Å². The smallest absolute Gasteiger partial charge is 0.317 e. The number of anilines is 1. The predicted molar refractivity (Wildman–Crippen MR) is 117 cm³/mol. The number of ether oxygens (including phenoxy) is 2. The molecule has 2 bridgehead atoms. The summed E-state index contributed by atoms with van der Waals surface area (Å²) < 4.78 is 11.9. The monoisotopic (exact) mass is 408 g/mol.